The molecular weight excluding hydrogens is 342 g/mol. The highest BCUT2D eigenvalue weighted by Gasteiger charge is 2.60. The maximum Gasteiger partial charge on any atom is 0.340 e. The molecule has 2 bridgehead atoms. The number of ether oxygens (including phenoxy) is 4. The maximum atomic E-state index is 12.5. The Morgan fingerprint density at radius 2 is 1.81 bits per heavy atom. The molecule has 2 amide bonds. The number of carbonyl (C=O) groups is 3. The van der Waals surface area contributed by atoms with Crippen LogP contribution in [0.1, 0.15) is 27.2 Å². The Hall–Kier alpha value is -1.77. The molecule has 0 saturated carbocycles. The summed E-state index contributed by atoms with van der Waals surface area (Å²) in [6.45, 7) is 5.56. The summed E-state index contributed by atoms with van der Waals surface area (Å²) in [6.07, 6.45) is 3.52. The minimum Gasteiger partial charge on any atom is -0.463 e. The lowest BCUT2D eigenvalue weighted by Gasteiger charge is -2.23. The lowest BCUT2D eigenvalue weighted by Crippen LogP contribution is -2.41. The summed E-state index contributed by atoms with van der Waals surface area (Å²) in [5.74, 6) is -2.51. The van der Waals surface area contributed by atoms with E-state index in [9.17, 15) is 14.4 Å². The van der Waals surface area contributed by atoms with E-state index in [2.05, 4.69) is 0 Å². The molecule has 4 aliphatic heterocycles. The zero-order valence-electron chi connectivity index (χ0n) is 15.1. The molecule has 0 spiro atoms. The largest absolute Gasteiger partial charge is 0.463 e. The van der Waals surface area contributed by atoms with Crippen molar-refractivity contribution in [2.24, 2.45) is 11.8 Å². The predicted octanol–water partition coefficient (Wildman–Crippen LogP) is 0.400. The number of fused-ring (bicyclic) bond motifs is 5. The van der Waals surface area contributed by atoms with Crippen LogP contribution in [-0.2, 0) is 33.3 Å². The standard InChI is InChI=1S/C18H23NO7/c1-17(2)24-9-18(3,26-17)16(22)23-8-4-7-19-14(20)12-10-5-6-11(25-10)13(12)15(19)21/h5-6,10-13H,4,7-9H2,1-3H3/t10-,11+,12-,13+,18?. The van der Waals surface area contributed by atoms with Crippen LogP contribution in [0.4, 0.5) is 0 Å². The van der Waals surface area contributed by atoms with Crippen molar-refractivity contribution >= 4 is 17.8 Å². The quantitative estimate of drug-likeness (QED) is 0.301. The molecule has 3 saturated heterocycles. The number of esters is 1. The van der Waals surface area contributed by atoms with Crippen molar-refractivity contribution in [3.8, 4) is 0 Å². The number of amides is 2. The number of nitrogens with zero attached hydrogens (tertiary/aromatic N) is 1. The van der Waals surface area contributed by atoms with Crippen LogP contribution in [0.2, 0.25) is 0 Å². The molecule has 26 heavy (non-hydrogen) atoms. The first-order chi connectivity index (χ1) is 12.2. The van der Waals surface area contributed by atoms with Gasteiger partial charge in [0.25, 0.3) is 0 Å². The highest BCUT2D eigenvalue weighted by Crippen LogP contribution is 2.45. The average Bonchev–Trinajstić information content (AvgIpc) is 3.30. The van der Waals surface area contributed by atoms with Gasteiger partial charge in [0.1, 0.15) is 0 Å². The van der Waals surface area contributed by atoms with E-state index in [-0.39, 0.29) is 43.8 Å². The van der Waals surface area contributed by atoms with Crippen LogP contribution in [0.5, 0.6) is 0 Å². The lowest BCUT2D eigenvalue weighted by molar-refractivity contribution is -0.186. The highest BCUT2D eigenvalue weighted by molar-refractivity contribution is 6.06. The van der Waals surface area contributed by atoms with Crippen molar-refractivity contribution in [1.29, 1.82) is 0 Å². The van der Waals surface area contributed by atoms with Crippen LogP contribution >= 0.6 is 0 Å². The molecule has 0 aromatic heterocycles. The Morgan fingerprint density at radius 3 is 2.35 bits per heavy atom. The van der Waals surface area contributed by atoms with Gasteiger partial charge in [-0.25, -0.2) is 4.79 Å². The molecule has 4 rings (SSSR count). The van der Waals surface area contributed by atoms with Crippen molar-refractivity contribution in [2.75, 3.05) is 19.8 Å². The molecule has 8 heteroatoms. The molecular formula is C18H23NO7. The normalized spacial score (nSPS) is 39.7. The summed E-state index contributed by atoms with van der Waals surface area (Å²) in [7, 11) is 0. The maximum absolute atomic E-state index is 12.5. The van der Waals surface area contributed by atoms with E-state index < -0.39 is 29.2 Å². The van der Waals surface area contributed by atoms with E-state index in [1.54, 1.807) is 20.8 Å². The second-order valence-electron chi connectivity index (χ2n) is 7.84. The second kappa shape index (κ2) is 5.87. The predicted molar refractivity (Wildman–Crippen MR) is 86.6 cm³/mol. The summed E-state index contributed by atoms with van der Waals surface area (Å²) in [6, 6.07) is 0. The molecule has 0 aromatic rings. The molecule has 142 valence electrons. The minimum absolute atomic E-state index is 0.103. The van der Waals surface area contributed by atoms with Gasteiger partial charge >= 0.3 is 5.97 Å². The third-order valence-electron chi connectivity index (χ3n) is 5.36. The van der Waals surface area contributed by atoms with E-state index in [1.807, 2.05) is 12.2 Å². The van der Waals surface area contributed by atoms with Gasteiger partial charge in [0, 0.05) is 6.54 Å². The van der Waals surface area contributed by atoms with Gasteiger partial charge in [-0.05, 0) is 27.2 Å². The molecule has 0 aromatic carbocycles. The number of imide groups is 1. The number of rotatable bonds is 5. The van der Waals surface area contributed by atoms with E-state index in [1.165, 1.54) is 4.90 Å². The van der Waals surface area contributed by atoms with Gasteiger partial charge in [-0.3, -0.25) is 14.5 Å². The number of hydrogen-bond donors (Lipinski definition) is 0. The van der Waals surface area contributed by atoms with Crippen LogP contribution in [0.25, 0.3) is 0 Å². The first-order valence-electron chi connectivity index (χ1n) is 8.92. The van der Waals surface area contributed by atoms with Gasteiger partial charge in [-0.2, -0.15) is 0 Å². The smallest absolute Gasteiger partial charge is 0.340 e. The molecule has 4 heterocycles. The Bertz CT molecular complexity index is 657. The molecule has 3 fully saturated rings. The van der Waals surface area contributed by atoms with Gasteiger partial charge in [0.2, 0.25) is 11.8 Å². The first kappa shape index (κ1) is 17.6. The van der Waals surface area contributed by atoms with Crippen molar-refractivity contribution in [3.63, 3.8) is 0 Å². The fourth-order valence-electron chi connectivity index (χ4n) is 4.14. The van der Waals surface area contributed by atoms with Crippen molar-refractivity contribution in [1.82, 2.24) is 4.90 Å². The van der Waals surface area contributed by atoms with Crippen LogP contribution in [0.3, 0.4) is 0 Å². The third kappa shape index (κ3) is 2.67. The number of hydrogen-bond acceptors (Lipinski definition) is 7. The Labute approximate surface area is 151 Å². The van der Waals surface area contributed by atoms with Crippen molar-refractivity contribution < 1.29 is 33.3 Å². The molecule has 1 unspecified atom stereocenters. The van der Waals surface area contributed by atoms with E-state index in [0.717, 1.165) is 0 Å². The lowest BCUT2D eigenvalue weighted by atomic mass is 9.85. The van der Waals surface area contributed by atoms with Crippen molar-refractivity contribution in [3.05, 3.63) is 12.2 Å². The van der Waals surface area contributed by atoms with Crippen LogP contribution in [0, 0.1) is 11.8 Å². The zero-order chi connectivity index (χ0) is 18.7. The minimum atomic E-state index is -1.14. The van der Waals surface area contributed by atoms with E-state index in [0.29, 0.717) is 6.42 Å². The summed E-state index contributed by atoms with van der Waals surface area (Å²) in [5.41, 5.74) is -1.14. The van der Waals surface area contributed by atoms with Gasteiger partial charge in [0.05, 0.1) is 37.3 Å². The fourth-order valence-corrected chi connectivity index (χ4v) is 4.14. The SMILES string of the molecule is CC1(C)OCC(C)(C(=O)OCCCN2C(=O)[C@@H]3[C@H](C2=O)[C@H]2C=C[C@@H]3O2)O1. The van der Waals surface area contributed by atoms with Crippen molar-refractivity contribution in [2.45, 2.75) is 50.8 Å². The van der Waals surface area contributed by atoms with Crippen LogP contribution < -0.4 is 0 Å². The molecule has 0 radical (unpaired) electrons. The van der Waals surface area contributed by atoms with Gasteiger partial charge in [0.15, 0.2) is 11.4 Å². The summed E-state index contributed by atoms with van der Waals surface area (Å²) in [5, 5.41) is 0. The average molecular weight is 365 g/mol. The highest BCUT2D eigenvalue weighted by atomic mass is 16.8. The zero-order valence-corrected chi connectivity index (χ0v) is 15.1. The topological polar surface area (TPSA) is 91.4 Å². The summed E-state index contributed by atoms with van der Waals surface area (Å²) < 4.78 is 21.9. The molecule has 0 N–H and O–H groups in total. The fraction of sp³-hybridized carbons (Fsp3) is 0.722. The monoisotopic (exact) mass is 365 g/mol. The van der Waals surface area contributed by atoms with Gasteiger partial charge in [-0.15, -0.1) is 0 Å². The first-order valence-corrected chi connectivity index (χ1v) is 8.92. The second-order valence-corrected chi connectivity index (χ2v) is 7.84. The van der Waals surface area contributed by atoms with E-state index >= 15 is 0 Å². The Balaban J connectivity index is 1.26. The Kier molecular flexibility index (Phi) is 3.98. The molecule has 8 nitrogen and oxygen atoms in total. The van der Waals surface area contributed by atoms with Gasteiger partial charge in [-0.1, -0.05) is 12.2 Å². The number of carbonyl (C=O) groups excluding carboxylic acids is 3. The van der Waals surface area contributed by atoms with E-state index in [4.69, 9.17) is 18.9 Å². The van der Waals surface area contributed by atoms with Gasteiger partial charge < -0.3 is 18.9 Å². The summed E-state index contributed by atoms with van der Waals surface area (Å²) >= 11 is 0. The Morgan fingerprint density at radius 1 is 1.19 bits per heavy atom. The molecule has 0 aliphatic carbocycles. The third-order valence-corrected chi connectivity index (χ3v) is 5.36. The molecule has 5 atom stereocenters. The van der Waals surface area contributed by atoms with Crippen LogP contribution in [-0.4, -0.2) is 66.0 Å². The number of likely N-dealkylation sites (tertiary alicyclic amines) is 1. The summed E-state index contributed by atoms with van der Waals surface area (Å²) in [4.78, 5) is 38.5. The van der Waals surface area contributed by atoms with Crippen LogP contribution in [0.15, 0.2) is 12.2 Å². The molecule has 4 aliphatic rings.